The van der Waals surface area contributed by atoms with Gasteiger partial charge in [0.15, 0.2) is 0 Å². The van der Waals surface area contributed by atoms with Crippen molar-refractivity contribution in [2.45, 2.75) is 32.4 Å². The van der Waals surface area contributed by atoms with Gasteiger partial charge in [0.1, 0.15) is 11.9 Å². The van der Waals surface area contributed by atoms with E-state index in [4.69, 9.17) is 16.9 Å². The zero-order valence-corrected chi connectivity index (χ0v) is 10.1. The van der Waals surface area contributed by atoms with E-state index in [2.05, 4.69) is 11.4 Å². The zero-order chi connectivity index (χ0) is 12.1. The summed E-state index contributed by atoms with van der Waals surface area (Å²) in [4.78, 5) is 0. The van der Waals surface area contributed by atoms with Gasteiger partial charge in [-0.2, -0.15) is 5.26 Å². The third-order valence-electron chi connectivity index (χ3n) is 2.47. The summed E-state index contributed by atoms with van der Waals surface area (Å²) >= 11 is 5.67. The standard InChI is InChI=1S/C12H14ClFN2/c1-3-8(2)16-12(7-15)9-4-5-11(14)10(13)6-9/h4-6,8,12,16H,3H2,1-2H3. The second kappa shape index (κ2) is 5.83. The van der Waals surface area contributed by atoms with Crippen molar-refractivity contribution in [3.05, 3.63) is 34.6 Å². The normalized spacial score (nSPS) is 14.2. The highest BCUT2D eigenvalue weighted by Crippen LogP contribution is 2.21. The fourth-order valence-electron chi connectivity index (χ4n) is 1.30. The lowest BCUT2D eigenvalue weighted by Crippen LogP contribution is -2.29. The van der Waals surface area contributed by atoms with Crippen LogP contribution in [-0.4, -0.2) is 6.04 Å². The first kappa shape index (κ1) is 13.0. The van der Waals surface area contributed by atoms with Crippen LogP contribution in [0.4, 0.5) is 4.39 Å². The number of benzene rings is 1. The van der Waals surface area contributed by atoms with Crippen LogP contribution in [0.15, 0.2) is 18.2 Å². The monoisotopic (exact) mass is 240 g/mol. The quantitative estimate of drug-likeness (QED) is 0.875. The molecule has 0 bridgehead atoms. The molecule has 4 heteroatoms. The molecule has 0 saturated carbocycles. The van der Waals surface area contributed by atoms with Crippen LogP contribution in [0.25, 0.3) is 0 Å². The number of rotatable bonds is 4. The van der Waals surface area contributed by atoms with Gasteiger partial charge in [0.2, 0.25) is 0 Å². The molecule has 1 rings (SSSR count). The Bertz CT molecular complexity index is 400. The van der Waals surface area contributed by atoms with Gasteiger partial charge in [-0.3, -0.25) is 5.32 Å². The minimum Gasteiger partial charge on any atom is -0.296 e. The average Bonchev–Trinajstić information content (AvgIpc) is 2.29. The Morgan fingerprint density at radius 3 is 2.75 bits per heavy atom. The van der Waals surface area contributed by atoms with Gasteiger partial charge in [-0.05, 0) is 31.0 Å². The molecule has 86 valence electrons. The van der Waals surface area contributed by atoms with Gasteiger partial charge in [-0.1, -0.05) is 24.6 Å². The first-order valence-corrected chi connectivity index (χ1v) is 5.56. The third-order valence-corrected chi connectivity index (χ3v) is 2.76. The van der Waals surface area contributed by atoms with E-state index in [0.717, 1.165) is 6.42 Å². The maximum absolute atomic E-state index is 13.0. The smallest absolute Gasteiger partial charge is 0.141 e. The van der Waals surface area contributed by atoms with Gasteiger partial charge < -0.3 is 0 Å². The molecule has 2 atom stereocenters. The molecule has 0 spiro atoms. The minimum atomic E-state index is -0.467. The summed E-state index contributed by atoms with van der Waals surface area (Å²) in [5.41, 5.74) is 0.689. The predicted octanol–water partition coefficient (Wildman–Crippen LogP) is 3.43. The van der Waals surface area contributed by atoms with Crippen LogP contribution in [0.2, 0.25) is 5.02 Å². The highest BCUT2D eigenvalue weighted by atomic mass is 35.5. The Balaban J connectivity index is 2.88. The first-order chi connectivity index (χ1) is 7.58. The number of nitrogens with zero attached hydrogens (tertiary/aromatic N) is 1. The number of nitrogens with one attached hydrogen (secondary N) is 1. The lowest BCUT2D eigenvalue weighted by molar-refractivity contribution is 0.500. The minimum absolute atomic E-state index is 0.0451. The molecule has 1 aromatic carbocycles. The summed E-state index contributed by atoms with van der Waals surface area (Å²) in [6.45, 7) is 4.03. The molecule has 0 fully saturated rings. The summed E-state index contributed by atoms with van der Waals surface area (Å²) in [5.74, 6) is -0.467. The number of hydrogen-bond donors (Lipinski definition) is 1. The second-order valence-electron chi connectivity index (χ2n) is 3.71. The van der Waals surface area contributed by atoms with Crippen molar-refractivity contribution in [2.75, 3.05) is 0 Å². The molecule has 1 aromatic rings. The molecule has 2 unspecified atom stereocenters. The van der Waals surface area contributed by atoms with Crippen LogP contribution in [-0.2, 0) is 0 Å². The van der Waals surface area contributed by atoms with E-state index in [1.54, 1.807) is 6.07 Å². The van der Waals surface area contributed by atoms with E-state index in [-0.39, 0.29) is 11.1 Å². The molecule has 0 aliphatic carbocycles. The van der Waals surface area contributed by atoms with Crippen LogP contribution in [0, 0.1) is 17.1 Å². The number of halogens is 2. The molecular weight excluding hydrogens is 227 g/mol. The maximum Gasteiger partial charge on any atom is 0.141 e. The van der Waals surface area contributed by atoms with Gasteiger partial charge >= 0.3 is 0 Å². The van der Waals surface area contributed by atoms with E-state index in [0.29, 0.717) is 5.56 Å². The molecule has 0 radical (unpaired) electrons. The largest absolute Gasteiger partial charge is 0.296 e. The predicted molar refractivity (Wildman–Crippen MR) is 62.7 cm³/mol. The molecule has 0 aromatic heterocycles. The molecule has 0 heterocycles. The van der Waals surface area contributed by atoms with Gasteiger partial charge in [0.25, 0.3) is 0 Å². The molecule has 16 heavy (non-hydrogen) atoms. The molecule has 0 aliphatic heterocycles. The first-order valence-electron chi connectivity index (χ1n) is 5.19. The Labute approximate surface area is 100 Å². The Morgan fingerprint density at radius 2 is 2.25 bits per heavy atom. The summed E-state index contributed by atoms with van der Waals surface area (Å²) < 4.78 is 13.0. The van der Waals surface area contributed by atoms with Crippen LogP contribution in [0.3, 0.4) is 0 Å². The highest BCUT2D eigenvalue weighted by Gasteiger charge is 2.13. The van der Waals surface area contributed by atoms with E-state index >= 15 is 0 Å². The molecule has 0 aliphatic rings. The van der Waals surface area contributed by atoms with Crippen LogP contribution in [0.1, 0.15) is 31.9 Å². The zero-order valence-electron chi connectivity index (χ0n) is 9.30. The average molecular weight is 241 g/mol. The van der Waals surface area contributed by atoms with Crippen molar-refractivity contribution in [3.63, 3.8) is 0 Å². The van der Waals surface area contributed by atoms with Gasteiger partial charge in [-0.15, -0.1) is 0 Å². The fraction of sp³-hybridized carbons (Fsp3) is 0.417. The van der Waals surface area contributed by atoms with Crippen molar-refractivity contribution in [2.24, 2.45) is 0 Å². The van der Waals surface area contributed by atoms with Crippen molar-refractivity contribution < 1.29 is 4.39 Å². The SMILES string of the molecule is CCC(C)NC(C#N)c1ccc(F)c(Cl)c1. The highest BCUT2D eigenvalue weighted by molar-refractivity contribution is 6.30. The van der Waals surface area contributed by atoms with Gasteiger partial charge in [-0.25, -0.2) is 4.39 Å². The summed E-state index contributed by atoms with van der Waals surface area (Å²) in [7, 11) is 0. The summed E-state index contributed by atoms with van der Waals surface area (Å²) in [6.07, 6.45) is 0.924. The van der Waals surface area contributed by atoms with Crippen LogP contribution < -0.4 is 5.32 Å². The van der Waals surface area contributed by atoms with Crippen LogP contribution in [0.5, 0.6) is 0 Å². The Hall–Kier alpha value is -1.11. The Kier molecular flexibility index (Phi) is 4.72. The van der Waals surface area contributed by atoms with Gasteiger partial charge in [0, 0.05) is 6.04 Å². The van der Waals surface area contributed by atoms with E-state index in [1.165, 1.54) is 12.1 Å². The fourth-order valence-corrected chi connectivity index (χ4v) is 1.49. The number of nitriles is 1. The van der Waals surface area contributed by atoms with Crippen LogP contribution >= 0.6 is 11.6 Å². The van der Waals surface area contributed by atoms with Gasteiger partial charge in [0.05, 0.1) is 11.1 Å². The number of hydrogen-bond acceptors (Lipinski definition) is 2. The Morgan fingerprint density at radius 1 is 1.56 bits per heavy atom. The second-order valence-corrected chi connectivity index (χ2v) is 4.12. The lowest BCUT2D eigenvalue weighted by Gasteiger charge is -2.17. The third kappa shape index (κ3) is 3.19. The summed E-state index contributed by atoms with van der Waals surface area (Å²) in [6, 6.07) is 6.26. The summed E-state index contributed by atoms with van der Waals surface area (Å²) in [5, 5.41) is 12.2. The van der Waals surface area contributed by atoms with E-state index in [9.17, 15) is 4.39 Å². The topological polar surface area (TPSA) is 35.8 Å². The van der Waals surface area contributed by atoms with Crippen molar-refractivity contribution in [1.82, 2.24) is 5.32 Å². The molecule has 0 saturated heterocycles. The van der Waals surface area contributed by atoms with Crippen molar-refractivity contribution in [3.8, 4) is 6.07 Å². The molecule has 1 N–H and O–H groups in total. The van der Waals surface area contributed by atoms with E-state index < -0.39 is 11.9 Å². The van der Waals surface area contributed by atoms with Crippen molar-refractivity contribution >= 4 is 11.6 Å². The van der Waals surface area contributed by atoms with Crippen molar-refractivity contribution in [1.29, 1.82) is 5.26 Å². The molecule has 0 amide bonds. The maximum atomic E-state index is 13.0. The molecular formula is C12H14ClFN2. The molecule has 2 nitrogen and oxygen atoms in total. The lowest BCUT2D eigenvalue weighted by atomic mass is 10.1. The van der Waals surface area contributed by atoms with E-state index in [1.807, 2.05) is 13.8 Å².